The van der Waals surface area contributed by atoms with E-state index >= 15 is 0 Å². The molecule has 5 heteroatoms. The van der Waals surface area contributed by atoms with E-state index in [0.717, 1.165) is 34.7 Å². The average molecular weight is 340 g/mol. The van der Waals surface area contributed by atoms with E-state index in [1.807, 2.05) is 42.5 Å². The van der Waals surface area contributed by atoms with Crippen LogP contribution in [0.25, 0.3) is 10.2 Å². The number of nitrogens with zero attached hydrogens (tertiary/aromatic N) is 1. The summed E-state index contributed by atoms with van der Waals surface area (Å²) in [6.07, 6.45) is 2.15. The number of nitrogens with one attached hydrogen (secondary N) is 1. The topological polar surface area (TPSA) is 51.2 Å². The van der Waals surface area contributed by atoms with Crippen LogP contribution in [0.3, 0.4) is 0 Å². The van der Waals surface area contributed by atoms with Crippen molar-refractivity contribution in [2.45, 2.75) is 19.3 Å². The van der Waals surface area contributed by atoms with Crippen molar-refractivity contribution in [3.63, 3.8) is 0 Å². The van der Waals surface area contributed by atoms with Crippen LogP contribution in [0.15, 0.2) is 48.5 Å². The van der Waals surface area contributed by atoms with Crippen LogP contribution in [0.1, 0.15) is 17.0 Å². The molecule has 1 aromatic heterocycles. The monoisotopic (exact) mass is 340 g/mol. The third-order valence-corrected chi connectivity index (χ3v) is 4.82. The largest absolute Gasteiger partial charge is 0.497 e. The number of ether oxygens (including phenoxy) is 1. The van der Waals surface area contributed by atoms with Crippen LogP contribution < -0.4 is 10.1 Å². The molecule has 0 atom stereocenters. The van der Waals surface area contributed by atoms with Gasteiger partial charge in [0.1, 0.15) is 5.75 Å². The first-order valence-electron chi connectivity index (χ1n) is 7.98. The van der Waals surface area contributed by atoms with Gasteiger partial charge in [0.15, 0.2) is 0 Å². The Morgan fingerprint density at radius 1 is 1.21 bits per heavy atom. The highest BCUT2D eigenvalue weighted by atomic mass is 32.1. The van der Waals surface area contributed by atoms with E-state index < -0.39 is 0 Å². The minimum absolute atomic E-state index is 0.0348. The van der Waals surface area contributed by atoms with E-state index in [0.29, 0.717) is 13.0 Å². The Morgan fingerprint density at radius 2 is 2.08 bits per heavy atom. The first-order chi connectivity index (χ1) is 11.7. The van der Waals surface area contributed by atoms with E-state index in [9.17, 15) is 4.79 Å². The maximum atomic E-state index is 12.0. The highest BCUT2D eigenvalue weighted by Crippen LogP contribution is 2.22. The number of hydrogen-bond acceptors (Lipinski definition) is 4. The zero-order valence-corrected chi connectivity index (χ0v) is 14.4. The lowest BCUT2D eigenvalue weighted by molar-refractivity contribution is -0.120. The van der Waals surface area contributed by atoms with Gasteiger partial charge in [0.25, 0.3) is 0 Å². The van der Waals surface area contributed by atoms with Gasteiger partial charge >= 0.3 is 0 Å². The lowest BCUT2D eigenvalue weighted by Crippen LogP contribution is -2.26. The number of amides is 1. The second-order valence-corrected chi connectivity index (χ2v) is 6.67. The highest BCUT2D eigenvalue weighted by Gasteiger charge is 2.06. The summed E-state index contributed by atoms with van der Waals surface area (Å²) in [5.74, 6) is 0.809. The van der Waals surface area contributed by atoms with E-state index in [4.69, 9.17) is 4.74 Å². The molecular weight excluding hydrogens is 320 g/mol. The van der Waals surface area contributed by atoms with Gasteiger partial charge in [0.2, 0.25) is 5.91 Å². The molecule has 0 saturated heterocycles. The minimum Gasteiger partial charge on any atom is -0.497 e. The molecule has 0 fully saturated rings. The summed E-state index contributed by atoms with van der Waals surface area (Å²) in [5.41, 5.74) is 2.01. The van der Waals surface area contributed by atoms with Gasteiger partial charge in [-0.1, -0.05) is 24.3 Å². The van der Waals surface area contributed by atoms with Gasteiger partial charge in [0, 0.05) is 13.0 Å². The first kappa shape index (κ1) is 16.5. The molecule has 0 aliphatic carbocycles. The standard InChI is InChI=1S/C19H20N2O2S/c1-23-15-7-4-6-14(12-15)13-18(22)20-11-5-10-19-21-16-8-2-3-9-17(16)24-19/h2-4,6-9,12H,5,10-11,13H2,1H3,(H,20,22). The molecule has 0 aliphatic heterocycles. The molecule has 0 saturated carbocycles. The van der Waals surface area contributed by atoms with Crippen molar-refractivity contribution >= 4 is 27.5 Å². The lowest BCUT2D eigenvalue weighted by atomic mass is 10.1. The molecule has 4 nitrogen and oxygen atoms in total. The summed E-state index contributed by atoms with van der Waals surface area (Å²) < 4.78 is 6.39. The van der Waals surface area contributed by atoms with Crippen LogP contribution in [-0.2, 0) is 17.6 Å². The number of para-hydroxylation sites is 1. The number of carbonyl (C=O) groups is 1. The van der Waals surface area contributed by atoms with Crippen molar-refractivity contribution in [1.82, 2.24) is 10.3 Å². The molecule has 0 bridgehead atoms. The molecule has 1 amide bonds. The van der Waals surface area contributed by atoms with Crippen molar-refractivity contribution < 1.29 is 9.53 Å². The molecule has 0 aliphatic rings. The van der Waals surface area contributed by atoms with E-state index in [1.165, 1.54) is 4.70 Å². The Hall–Kier alpha value is -2.40. The number of aromatic nitrogens is 1. The van der Waals surface area contributed by atoms with Crippen molar-refractivity contribution in [2.75, 3.05) is 13.7 Å². The number of fused-ring (bicyclic) bond motifs is 1. The summed E-state index contributed by atoms with van der Waals surface area (Å²) in [6.45, 7) is 0.665. The fourth-order valence-electron chi connectivity index (χ4n) is 2.52. The second-order valence-electron chi connectivity index (χ2n) is 5.56. The smallest absolute Gasteiger partial charge is 0.224 e. The molecule has 3 aromatic rings. The normalized spacial score (nSPS) is 10.7. The number of aryl methyl sites for hydroxylation is 1. The Labute approximate surface area is 145 Å². The zero-order chi connectivity index (χ0) is 16.8. The van der Waals surface area contributed by atoms with Crippen LogP contribution in [0.4, 0.5) is 0 Å². The number of hydrogen-bond donors (Lipinski definition) is 1. The quantitative estimate of drug-likeness (QED) is 0.669. The fourth-order valence-corrected chi connectivity index (χ4v) is 3.53. The van der Waals surface area contributed by atoms with Gasteiger partial charge in [-0.25, -0.2) is 4.98 Å². The predicted octanol–water partition coefficient (Wildman–Crippen LogP) is 3.60. The van der Waals surface area contributed by atoms with Gasteiger partial charge in [-0.3, -0.25) is 4.79 Å². The minimum atomic E-state index is 0.0348. The van der Waals surface area contributed by atoms with Gasteiger partial charge in [0.05, 0.1) is 28.8 Å². The maximum Gasteiger partial charge on any atom is 0.224 e. The third-order valence-electron chi connectivity index (χ3n) is 3.73. The molecule has 1 N–H and O–H groups in total. The van der Waals surface area contributed by atoms with Gasteiger partial charge < -0.3 is 10.1 Å². The summed E-state index contributed by atoms with van der Waals surface area (Å²) >= 11 is 1.73. The number of benzene rings is 2. The number of thiazole rings is 1. The van der Waals surface area contributed by atoms with Crippen LogP contribution in [0, 0.1) is 0 Å². The van der Waals surface area contributed by atoms with E-state index in [2.05, 4.69) is 16.4 Å². The summed E-state index contributed by atoms with van der Waals surface area (Å²) in [6, 6.07) is 15.8. The Morgan fingerprint density at radius 3 is 2.92 bits per heavy atom. The molecule has 24 heavy (non-hydrogen) atoms. The van der Waals surface area contributed by atoms with Gasteiger partial charge in [-0.15, -0.1) is 11.3 Å². The number of methoxy groups -OCH3 is 1. The molecule has 0 radical (unpaired) electrons. The highest BCUT2D eigenvalue weighted by molar-refractivity contribution is 7.18. The summed E-state index contributed by atoms with van der Waals surface area (Å²) in [5, 5.41) is 4.09. The molecule has 3 rings (SSSR count). The van der Waals surface area contributed by atoms with Crippen molar-refractivity contribution in [2.24, 2.45) is 0 Å². The molecule has 0 unspecified atom stereocenters. The van der Waals surface area contributed by atoms with Crippen molar-refractivity contribution in [3.05, 3.63) is 59.1 Å². The number of carbonyl (C=O) groups excluding carboxylic acids is 1. The Bertz CT molecular complexity index is 796. The molecular formula is C19H20N2O2S. The molecule has 1 heterocycles. The molecule has 124 valence electrons. The fraction of sp³-hybridized carbons (Fsp3) is 0.263. The van der Waals surface area contributed by atoms with E-state index in [-0.39, 0.29) is 5.91 Å². The van der Waals surface area contributed by atoms with Crippen LogP contribution >= 0.6 is 11.3 Å². The van der Waals surface area contributed by atoms with Crippen molar-refractivity contribution in [3.8, 4) is 5.75 Å². The van der Waals surface area contributed by atoms with Crippen LogP contribution in [0.5, 0.6) is 5.75 Å². The SMILES string of the molecule is COc1cccc(CC(=O)NCCCc2nc3ccccc3s2)c1. The molecule has 2 aromatic carbocycles. The second kappa shape index (κ2) is 7.93. The summed E-state index contributed by atoms with van der Waals surface area (Å²) in [7, 11) is 1.63. The Balaban J connectivity index is 1.43. The third kappa shape index (κ3) is 4.32. The lowest BCUT2D eigenvalue weighted by Gasteiger charge is -2.06. The maximum absolute atomic E-state index is 12.0. The Kier molecular flexibility index (Phi) is 5.43. The average Bonchev–Trinajstić information content (AvgIpc) is 3.01. The zero-order valence-electron chi connectivity index (χ0n) is 13.6. The number of rotatable bonds is 7. The van der Waals surface area contributed by atoms with E-state index in [1.54, 1.807) is 18.4 Å². The predicted molar refractivity (Wildman–Crippen MR) is 97.6 cm³/mol. The van der Waals surface area contributed by atoms with Crippen LogP contribution in [-0.4, -0.2) is 24.5 Å². The van der Waals surface area contributed by atoms with Gasteiger partial charge in [-0.2, -0.15) is 0 Å². The van der Waals surface area contributed by atoms with Crippen LogP contribution in [0.2, 0.25) is 0 Å². The first-order valence-corrected chi connectivity index (χ1v) is 8.80. The molecule has 0 spiro atoms. The van der Waals surface area contributed by atoms with Crippen molar-refractivity contribution in [1.29, 1.82) is 0 Å². The van der Waals surface area contributed by atoms with Gasteiger partial charge in [-0.05, 0) is 36.2 Å². The summed E-state index contributed by atoms with van der Waals surface area (Å²) in [4.78, 5) is 16.6.